The van der Waals surface area contributed by atoms with Crippen LogP contribution in [0.25, 0.3) is 0 Å². The summed E-state index contributed by atoms with van der Waals surface area (Å²) in [5.41, 5.74) is 6.62. The average Bonchev–Trinajstić information content (AvgIpc) is 3.33. The van der Waals surface area contributed by atoms with Gasteiger partial charge >= 0.3 is 5.97 Å². The molecule has 1 rings (SSSR count). The van der Waals surface area contributed by atoms with E-state index in [9.17, 15) is 9.59 Å². The summed E-state index contributed by atoms with van der Waals surface area (Å²) in [6.45, 7) is 17.0. The minimum absolute atomic E-state index is 0.0388. The molecule has 1 amide bonds. The van der Waals surface area contributed by atoms with E-state index in [2.05, 4.69) is 46.5 Å². The van der Waals surface area contributed by atoms with Crippen LogP contribution in [0, 0.1) is 11.8 Å². The van der Waals surface area contributed by atoms with E-state index < -0.39 is 20.3 Å². The molecule has 0 radical (unpaired) electrons. The first-order valence-electron chi connectivity index (χ1n) is 12.8. The Morgan fingerprint density at radius 3 is 2.18 bits per heavy atom. The van der Waals surface area contributed by atoms with Gasteiger partial charge in [-0.25, -0.2) is 9.78 Å². The first-order chi connectivity index (χ1) is 16.0. The van der Waals surface area contributed by atoms with Crippen LogP contribution in [-0.2, 0) is 14.0 Å². The van der Waals surface area contributed by atoms with E-state index in [1.165, 1.54) is 11.3 Å². The molecule has 0 aromatic carbocycles. The standard InChI is InChI=1S/C25H47N3O4SSi/c1-10-18(8)22(26)24(29)28(9)20(17(6)7)15-21(32-34(12-3,13-4)14-5)23-27-19(16-33-23)25(30)31-11-2/h16-18,20-22H,10-15,26H2,1-9H3/t18-,20+,21+,22-/m0/s1. The Labute approximate surface area is 211 Å². The molecule has 0 bridgehead atoms. The molecule has 1 heterocycles. The first kappa shape index (κ1) is 30.7. The van der Waals surface area contributed by atoms with E-state index in [-0.39, 0.29) is 29.9 Å². The Bertz CT molecular complexity index is 761. The summed E-state index contributed by atoms with van der Waals surface area (Å²) in [5, 5.41) is 2.52. The SMILES string of the molecule is CCOC(=O)c1csc([C@@H](C[C@H](C(C)C)N(C)C(=O)[C@@H](N)[C@@H](C)CC)O[Si](CC)(CC)CC)n1. The Morgan fingerprint density at radius 1 is 1.12 bits per heavy atom. The van der Waals surface area contributed by atoms with Gasteiger partial charge in [-0.1, -0.05) is 54.9 Å². The molecule has 1 aromatic heterocycles. The fourth-order valence-corrected chi connectivity index (χ4v) is 7.95. The summed E-state index contributed by atoms with van der Waals surface area (Å²) in [6.07, 6.45) is 1.17. The Morgan fingerprint density at radius 2 is 1.71 bits per heavy atom. The van der Waals surface area contributed by atoms with Crippen LogP contribution < -0.4 is 5.73 Å². The van der Waals surface area contributed by atoms with Gasteiger partial charge in [-0.05, 0) is 43.3 Å². The molecule has 0 unspecified atom stereocenters. The molecular formula is C25H47N3O4SSi. The smallest absolute Gasteiger partial charge is 0.357 e. The third kappa shape index (κ3) is 7.86. The molecule has 0 aliphatic carbocycles. The molecule has 0 saturated carbocycles. The number of esters is 1. The number of aromatic nitrogens is 1. The molecule has 9 heteroatoms. The minimum atomic E-state index is -1.98. The van der Waals surface area contributed by atoms with Gasteiger partial charge in [-0.3, -0.25) is 4.79 Å². The Kier molecular flexibility index (Phi) is 12.9. The van der Waals surface area contributed by atoms with E-state index in [1.54, 1.807) is 12.3 Å². The van der Waals surface area contributed by atoms with Crippen molar-refractivity contribution in [2.75, 3.05) is 13.7 Å². The van der Waals surface area contributed by atoms with Gasteiger partial charge in [0.1, 0.15) is 5.01 Å². The third-order valence-corrected chi connectivity index (χ3v) is 12.8. The number of hydrogen-bond acceptors (Lipinski definition) is 7. The number of nitrogens with zero attached hydrogens (tertiary/aromatic N) is 2. The lowest BCUT2D eigenvalue weighted by Crippen LogP contribution is -2.51. The monoisotopic (exact) mass is 513 g/mol. The quantitative estimate of drug-likeness (QED) is 0.241. The molecule has 2 N–H and O–H groups in total. The zero-order valence-electron chi connectivity index (χ0n) is 22.7. The molecule has 0 spiro atoms. The molecule has 0 aliphatic heterocycles. The van der Waals surface area contributed by atoms with Crippen molar-refractivity contribution in [3.63, 3.8) is 0 Å². The molecule has 0 fully saturated rings. The van der Waals surface area contributed by atoms with Crippen molar-refractivity contribution in [1.29, 1.82) is 0 Å². The number of carbonyl (C=O) groups is 2. The highest BCUT2D eigenvalue weighted by Gasteiger charge is 2.37. The van der Waals surface area contributed by atoms with Crippen LogP contribution in [0.4, 0.5) is 0 Å². The summed E-state index contributed by atoms with van der Waals surface area (Å²) in [6, 6.07) is 2.42. The molecule has 0 saturated heterocycles. The number of rotatable bonds is 15. The fraction of sp³-hybridized carbons (Fsp3) is 0.800. The zero-order chi connectivity index (χ0) is 26.1. The van der Waals surface area contributed by atoms with E-state index in [4.69, 9.17) is 14.9 Å². The van der Waals surface area contributed by atoms with Gasteiger partial charge in [0.2, 0.25) is 5.91 Å². The van der Waals surface area contributed by atoms with Crippen molar-refractivity contribution in [3.8, 4) is 0 Å². The van der Waals surface area contributed by atoms with Gasteiger partial charge in [0.15, 0.2) is 14.0 Å². The van der Waals surface area contributed by atoms with Crippen LogP contribution in [0.3, 0.4) is 0 Å². The minimum Gasteiger partial charge on any atom is -0.461 e. The summed E-state index contributed by atoms with van der Waals surface area (Å²) >= 11 is 1.43. The number of hydrogen-bond donors (Lipinski definition) is 1. The van der Waals surface area contributed by atoms with Gasteiger partial charge < -0.3 is 19.8 Å². The molecule has 4 atom stereocenters. The lowest BCUT2D eigenvalue weighted by atomic mass is 9.93. The Hall–Kier alpha value is -1.29. The van der Waals surface area contributed by atoms with Crippen LogP contribution in [0.2, 0.25) is 18.1 Å². The Balaban J connectivity index is 3.33. The normalized spacial score (nSPS) is 15.6. The summed E-state index contributed by atoms with van der Waals surface area (Å²) in [5.74, 6) is -0.139. The highest BCUT2D eigenvalue weighted by Crippen LogP contribution is 2.36. The van der Waals surface area contributed by atoms with Gasteiger partial charge in [-0.15, -0.1) is 11.3 Å². The van der Waals surface area contributed by atoms with Gasteiger partial charge in [0.25, 0.3) is 0 Å². The maximum absolute atomic E-state index is 13.2. The lowest BCUT2D eigenvalue weighted by Gasteiger charge is -2.38. The second kappa shape index (κ2) is 14.3. The number of likely N-dealkylation sites (N-methyl/N-ethyl adjacent to an activating group) is 1. The number of amides is 1. The van der Waals surface area contributed by atoms with Crippen molar-refractivity contribution in [2.45, 2.75) is 105 Å². The first-order valence-corrected chi connectivity index (χ1v) is 16.2. The van der Waals surface area contributed by atoms with Gasteiger partial charge in [-0.2, -0.15) is 0 Å². The van der Waals surface area contributed by atoms with Crippen molar-refractivity contribution in [3.05, 3.63) is 16.1 Å². The number of carbonyl (C=O) groups excluding carboxylic acids is 2. The fourth-order valence-electron chi connectivity index (χ4n) is 4.23. The van der Waals surface area contributed by atoms with Crippen molar-refractivity contribution in [2.24, 2.45) is 17.6 Å². The number of nitrogens with two attached hydrogens (primary N) is 1. The molecular weight excluding hydrogens is 466 g/mol. The zero-order valence-corrected chi connectivity index (χ0v) is 24.5. The molecule has 196 valence electrons. The van der Waals surface area contributed by atoms with Crippen molar-refractivity contribution in [1.82, 2.24) is 9.88 Å². The van der Waals surface area contributed by atoms with Crippen LogP contribution in [0.15, 0.2) is 5.38 Å². The topological polar surface area (TPSA) is 94.8 Å². The maximum Gasteiger partial charge on any atom is 0.357 e. The lowest BCUT2D eigenvalue weighted by molar-refractivity contribution is -0.136. The summed E-state index contributed by atoms with van der Waals surface area (Å²) in [7, 11) is -0.134. The van der Waals surface area contributed by atoms with Gasteiger partial charge in [0, 0.05) is 18.5 Å². The maximum atomic E-state index is 13.2. The average molecular weight is 514 g/mol. The molecule has 7 nitrogen and oxygen atoms in total. The predicted molar refractivity (Wildman–Crippen MR) is 143 cm³/mol. The van der Waals surface area contributed by atoms with Crippen molar-refractivity contribution < 1.29 is 18.8 Å². The van der Waals surface area contributed by atoms with Crippen LogP contribution in [-0.4, -0.2) is 55.8 Å². The van der Waals surface area contributed by atoms with E-state index in [1.807, 2.05) is 18.9 Å². The van der Waals surface area contributed by atoms with E-state index in [0.29, 0.717) is 18.7 Å². The largest absolute Gasteiger partial charge is 0.461 e. The third-order valence-electron chi connectivity index (χ3n) is 7.22. The predicted octanol–water partition coefficient (Wildman–Crippen LogP) is 5.63. The van der Waals surface area contributed by atoms with Gasteiger partial charge in [0.05, 0.1) is 18.8 Å². The second-order valence-corrected chi connectivity index (χ2v) is 15.2. The highest BCUT2D eigenvalue weighted by atomic mass is 32.1. The van der Waals surface area contributed by atoms with Crippen LogP contribution in [0.5, 0.6) is 0 Å². The van der Waals surface area contributed by atoms with Crippen LogP contribution >= 0.6 is 11.3 Å². The van der Waals surface area contributed by atoms with E-state index in [0.717, 1.165) is 29.6 Å². The summed E-state index contributed by atoms with van der Waals surface area (Å²) < 4.78 is 12.1. The molecule has 1 aromatic rings. The molecule has 0 aliphatic rings. The number of thiazole rings is 1. The molecule has 34 heavy (non-hydrogen) atoms. The second-order valence-electron chi connectivity index (χ2n) is 9.55. The number of ether oxygens (including phenoxy) is 1. The summed E-state index contributed by atoms with van der Waals surface area (Å²) in [4.78, 5) is 31.9. The van der Waals surface area contributed by atoms with Crippen LogP contribution in [0.1, 0.15) is 89.8 Å². The van der Waals surface area contributed by atoms with Crippen molar-refractivity contribution >= 4 is 31.5 Å². The highest BCUT2D eigenvalue weighted by molar-refractivity contribution is 7.09. The van der Waals surface area contributed by atoms with E-state index >= 15 is 0 Å².